The number of hydrogen-bond acceptors (Lipinski definition) is 3. The van der Waals surface area contributed by atoms with Crippen molar-refractivity contribution < 1.29 is 4.79 Å². The number of carbonyl (C=O) groups is 1. The third kappa shape index (κ3) is 2.23. The molecule has 0 fully saturated rings. The van der Waals surface area contributed by atoms with Gasteiger partial charge < -0.3 is 15.2 Å². The minimum absolute atomic E-state index is 0.0102. The van der Waals surface area contributed by atoms with Crippen LogP contribution >= 0.6 is 11.3 Å². The van der Waals surface area contributed by atoms with Crippen LogP contribution in [-0.4, -0.2) is 15.6 Å². The molecule has 2 atom stereocenters. The summed E-state index contributed by atoms with van der Waals surface area (Å²) in [6.45, 7) is 4.12. The van der Waals surface area contributed by atoms with Crippen molar-refractivity contribution in [2.24, 2.45) is 0 Å². The van der Waals surface area contributed by atoms with Gasteiger partial charge in [-0.3, -0.25) is 0 Å². The minimum Gasteiger partial charge on any atom is -0.330 e. The largest absolute Gasteiger partial charge is 0.330 e. The van der Waals surface area contributed by atoms with Crippen LogP contribution in [0.2, 0.25) is 0 Å². The Labute approximate surface area is 115 Å². The molecule has 0 aromatic carbocycles. The summed E-state index contributed by atoms with van der Waals surface area (Å²) in [4.78, 5) is 16.3. The molecule has 2 amide bonds. The van der Waals surface area contributed by atoms with E-state index in [9.17, 15) is 4.79 Å². The summed E-state index contributed by atoms with van der Waals surface area (Å²) in [5, 5.41) is 9.82. The van der Waals surface area contributed by atoms with Crippen molar-refractivity contribution >= 4 is 23.1 Å². The highest BCUT2D eigenvalue weighted by Gasteiger charge is 2.30. The van der Waals surface area contributed by atoms with Gasteiger partial charge in [-0.1, -0.05) is 0 Å². The molecule has 0 saturated carbocycles. The number of thiophene rings is 1. The first kappa shape index (κ1) is 12.2. The van der Waals surface area contributed by atoms with Crippen molar-refractivity contribution in [3.8, 4) is 0 Å². The van der Waals surface area contributed by atoms with Gasteiger partial charge in [-0.05, 0) is 31.2 Å². The average molecular weight is 276 g/mol. The molecule has 100 valence electrons. The highest BCUT2D eigenvalue weighted by Crippen LogP contribution is 2.32. The lowest BCUT2D eigenvalue weighted by Crippen LogP contribution is -2.32. The van der Waals surface area contributed by atoms with E-state index in [2.05, 4.69) is 27.1 Å². The molecule has 3 heterocycles. The lowest BCUT2D eigenvalue weighted by atomic mass is 10.2. The molecule has 2 N–H and O–H groups in total. The van der Waals surface area contributed by atoms with Gasteiger partial charge >= 0.3 is 6.03 Å². The van der Waals surface area contributed by atoms with E-state index in [1.54, 1.807) is 17.5 Å². The fraction of sp³-hybridized carbons (Fsp3) is 0.385. The zero-order chi connectivity index (χ0) is 13.4. The van der Waals surface area contributed by atoms with Gasteiger partial charge in [0.1, 0.15) is 5.82 Å². The Morgan fingerprint density at radius 3 is 3.11 bits per heavy atom. The van der Waals surface area contributed by atoms with Crippen LogP contribution in [0, 0.1) is 6.92 Å². The van der Waals surface area contributed by atoms with Crippen molar-refractivity contribution in [2.45, 2.75) is 32.4 Å². The van der Waals surface area contributed by atoms with Crippen molar-refractivity contribution in [1.29, 1.82) is 0 Å². The maximum Gasteiger partial charge on any atom is 0.319 e. The van der Waals surface area contributed by atoms with E-state index >= 15 is 0 Å². The summed E-state index contributed by atoms with van der Waals surface area (Å²) in [6, 6.07) is 0.199. The number of urea groups is 1. The molecule has 0 aliphatic carbocycles. The van der Waals surface area contributed by atoms with Crippen LogP contribution in [0.1, 0.15) is 36.8 Å². The first-order valence-electron chi connectivity index (χ1n) is 6.28. The van der Waals surface area contributed by atoms with E-state index in [1.807, 2.05) is 23.9 Å². The number of nitrogens with one attached hydrogen (secondary N) is 2. The van der Waals surface area contributed by atoms with Gasteiger partial charge in [-0.25, -0.2) is 9.78 Å². The number of fused-ring (bicyclic) bond motifs is 1. The average Bonchev–Trinajstić information content (AvgIpc) is 3.02. The number of nitrogens with zero attached hydrogens (tertiary/aromatic N) is 2. The van der Waals surface area contributed by atoms with E-state index in [0.29, 0.717) is 6.04 Å². The Kier molecular flexibility index (Phi) is 3.02. The zero-order valence-electron chi connectivity index (χ0n) is 10.9. The SMILES string of the molecule is Cc1cscc1NC(=O)NC1CC(C)n2ccnc21. The summed E-state index contributed by atoms with van der Waals surface area (Å²) < 4.78 is 2.11. The number of aryl methyl sites for hydroxylation is 1. The predicted octanol–water partition coefficient (Wildman–Crippen LogP) is 3.08. The molecule has 6 heteroatoms. The monoisotopic (exact) mass is 276 g/mol. The molecule has 2 aromatic heterocycles. The quantitative estimate of drug-likeness (QED) is 0.885. The molecular weight excluding hydrogens is 260 g/mol. The van der Waals surface area contributed by atoms with E-state index in [-0.39, 0.29) is 12.1 Å². The molecule has 5 nitrogen and oxygen atoms in total. The van der Waals surface area contributed by atoms with Gasteiger partial charge in [0.2, 0.25) is 0 Å². The van der Waals surface area contributed by atoms with E-state index in [4.69, 9.17) is 0 Å². The third-order valence-corrected chi connectivity index (χ3v) is 4.33. The summed E-state index contributed by atoms with van der Waals surface area (Å²) in [5.41, 5.74) is 1.96. The molecule has 1 aliphatic rings. The van der Waals surface area contributed by atoms with Crippen LogP contribution < -0.4 is 10.6 Å². The maximum absolute atomic E-state index is 12.0. The lowest BCUT2D eigenvalue weighted by molar-refractivity contribution is 0.248. The number of aromatic nitrogens is 2. The number of anilines is 1. The van der Waals surface area contributed by atoms with Crippen molar-refractivity contribution in [3.05, 3.63) is 34.5 Å². The summed E-state index contributed by atoms with van der Waals surface area (Å²) >= 11 is 1.58. The Morgan fingerprint density at radius 1 is 1.53 bits per heavy atom. The number of amides is 2. The predicted molar refractivity (Wildman–Crippen MR) is 75.5 cm³/mol. The fourth-order valence-electron chi connectivity index (χ4n) is 2.46. The lowest BCUT2D eigenvalue weighted by Gasteiger charge is -2.12. The van der Waals surface area contributed by atoms with Crippen molar-refractivity contribution in [3.63, 3.8) is 0 Å². The van der Waals surface area contributed by atoms with Gasteiger partial charge in [-0.15, -0.1) is 11.3 Å². The normalized spacial score (nSPS) is 21.2. The van der Waals surface area contributed by atoms with Crippen LogP contribution in [0.3, 0.4) is 0 Å². The topological polar surface area (TPSA) is 59.0 Å². The van der Waals surface area contributed by atoms with Gasteiger partial charge in [0, 0.05) is 23.8 Å². The number of imidazole rings is 1. The molecule has 1 aliphatic heterocycles. The van der Waals surface area contributed by atoms with Crippen LogP contribution in [0.15, 0.2) is 23.2 Å². The van der Waals surface area contributed by atoms with Crippen molar-refractivity contribution in [1.82, 2.24) is 14.9 Å². The van der Waals surface area contributed by atoms with Crippen LogP contribution in [-0.2, 0) is 0 Å². The van der Waals surface area contributed by atoms with E-state index < -0.39 is 0 Å². The smallest absolute Gasteiger partial charge is 0.319 e. The molecular formula is C13H16N4OS. The molecule has 0 radical (unpaired) electrons. The Balaban J connectivity index is 1.67. The van der Waals surface area contributed by atoms with Gasteiger partial charge in [0.05, 0.1) is 11.7 Å². The van der Waals surface area contributed by atoms with Gasteiger partial charge in [0.25, 0.3) is 0 Å². The molecule has 2 aromatic rings. The van der Waals surface area contributed by atoms with Crippen LogP contribution in [0.25, 0.3) is 0 Å². The zero-order valence-corrected chi connectivity index (χ0v) is 11.7. The second kappa shape index (κ2) is 4.70. The van der Waals surface area contributed by atoms with Gasteiger partial charge in [-0.2, -0.15) is 0 Å². The van der Waals surface area contributed by atoms with E-state index in [1.165, 1.54) is 0 Å². The highest BCUT2D eigenvalue weighted by atomic mass is 32.1. The number of rotatable bonds is 2. The second-order valence-electron chi connectivity index (χ2n) is 4.90. The maximum atomic E-state index is 12.0. The van der Waals surface area contributed by atoms with Crippen LogP contribution in [0.5, 0.6) is 0 Å². The molecule has 0 saturated heterocycles. The summed E-state index contributed by atoms with van der Waals surface area (Å²) in [6.07, 6.45) is 4.63. The third-order valence-electron chi connectivity index (χ3n) is 3.47. The molecule has 0 spiro atoms. The van der Waals surface area contributed by atoms with E-state index in [0.717, 1.165) is 23.5 Å². The summed E-state index contributed by atoms with van der Waals surface area (Å²) in [7, 11) is 0. The van der Waals surface area contributed by atoms with Crippen LogP contribution in [0.4, 0.5) is 10.5 Å². The van der Waals surface area contributed by atoms with Crippen molar-refractivity contribution in [2.75, 3.05) is 5.32 Å². The first-order valence-corrected chi connectivity index (χ1v) is 7.22. The first-order chi connectivity index (χ1) is 9.15. The number of carbonyl (C=O) groups excluding carboxylic acids is 1. The Morgan fingerprint density at radius 2 is 2.37 bits per heavy atom. The molecule has 19 heavy (non-hydrogen) atoms. The highest BCUT2D eigenvalue weighted by molar-refractivity contribution is 7.08. The molecule has 0 bridgehead atoms. The second-order valence-corrected chi connectivity index (χ2v) is 5.64. The molecule has 3 rings (SSSR count). The Hall–Kier alpha value is -1.82. The van der Waals surface area contributed by atoms with Gasteiger partial charge in [0.15, 0.2) is 0 Å². The fourth-order valence-corrected chi connectivity index (χ4v) is 3.24. The Bertz CT molecular complexity index is 603. The molecule has 2 unspecified atom stereocenters. The standard InChI is InChI=1S/C13H16N4OS/c1-8-6-19-7-11(8)16-13(18)15-10-5-9(2)17-4-3-14-12(10)17/h3-4,6-7,9-10H,5H2,1-2H3,(H2,15,16,18). The number of hydrogen-bond donors (Lipinski definition) is 2. The minimum atomic E-state index is -0.171. The summed E-state index contributed by atoms with van der Waals surface area (Å²) in [5.74, 6) is 0.935.